The highest BCUT2D eigenvalue weighted by molar-refractivity contribution is 9.10. The van der Waals surface area contributed by atoms with E-state index >= 15 is 0 Å². The van der Waals surface area contributed by atoms with Crippen LogP contribution in [0.2, 0.25) is 0 Å². The maximum atomic E-state index is 5.91. The Morgan fingerprint density at radius 2 is 1.24 bits per heavy atom. The third-order valence-corrected chi connectivity index (χ3v) is 6.14. The van der Waals surface area contributed by atoms with Crippen molar-refractivity contribution in [1.29, 1.82) is 0 Å². The first-order valence-electron chi connectivity index (χ1n) is 10.9. The summed E-state index contributed by atoms with van der Waals surface area (Å²) in [4.78, 5) is 0. The van der Waals surface area contributed by atoms with Crippen molar-refractivity contribution in [2.45, 2.75) is 25.3 Å². The van der Waals surface area contributed by atoms with Gasteiger partial charge in [-0.05, 0) is 75.8 Å². The first kappa shape index (κ1) is 25.1. The van der Waals surface area contributed by atoms with Crippen molar-refractivity contribution in [3.05, 3.63) is 130 Å². The lowest BCUT2D eigenvalue weighted by Gasteiger charge is -2.10. The molecule has 0 unspecified atom stereocenters. The van der Waals surface area contributed by atoms with Gasteiger partial charge in [0, 0.05) is 5.33 Å². The number of ether oxygens (including phenoxy) is 2. The van der Waals surface area contributed by atoms with Gasteiger partial charge in [0.1, 0.15) is 18.1 Å². The number of halogens is 2. The van der Waals surface area contributed by atoms with E-state index in [0.717, 1.165) is 33.3 Å². The zero-order chi connectivity index (χ0) is 23.3. The molecule has 0 N–H and O–H groups in total. The minimum Gasteiger partial charge on any atom is -0.494 e. The van der Waals surface area contributed by atoms with Gasteiger partial charge >= 0.3 is 0 Å². The van der Waals surface area contributed by atoms with Crippen LogP contribution in [0.3, 0.4) is 0 Å². The van der Waals surface area contributed by atoms with Crippen molar-refractivity contribution in [2.75, 3.05) is 6.61 Å². The molecule has 0 aliphatic rings. The molecular weight excluding hydrogens is 540 g/mol. The summed E-state index contributed by atoms with van der Waals surface area (Å²) in [6, 6.07) is 35.0. The maximum absolute atomic E-state index is 5.91. The zero-order valence-corrected chi connectivity index (χ0v) is 21.9. The molecule has 0 aliphatic heterocycles. The van der Waals surface area contributed by atoms with Crippen molar-refractivity contribution in [2.24, 2.45) is 0 Å². The molecule has 33 heavy (non-hydrogen) atoms. The second-order valence-corrected chi connectivity index (χ2v) is 8.83. The van der Waals surface area contributed by atoms with Crippen molar-refractivity contribution >= 4 is 31.9 Å². The van der Waals surface area contributed by atoms with Crippen LogP contribution in [-0.2, 0) is 18.4 Å². The van der Waals surface area contributed by atoms with Gasteiger partial charge in [-0.2, -0.15) is 0 Å². The molecule has 2 nitrogen and oxygen atoms in total. The lowest BCUT2D eigenvalue weighted by molar-refractivity contribution is 0.304. The Morgan fingerprint density at radius 3 is 1.79 bits per heavy atom. The van der Waals surface area contributed by atoms with Crippen LogP contribution in [0.1, 0.15) is 29.2 Å². The third-order valence-electron chi connectivity index (χ3n) is 4.87. The van der Waals surface area contributed by atoms with Crippen LogP contribution in [0, 0.1) is 0 Å². The molecule has 4 rings (SSSR count). The Balaban J connectivity index is 0.000000323. The second kappa shape index (κ2) is 13.9. The normalized spacial score (nSPS) is 10.2. The van der Waals surface area contributed by atoms with E-state index in [4.69, 9.17) is 9.47 Å². The average molecular weight is 568 g/mol. The molecule has 0 aromatic heterocycles. The van der Waals surface area contributed by atoms with Crippen LogP contribution in [0.5, 0.6) is 11.5 Å². The number of rotatable bonds is 8. The lowest BCUT2D eigenvalue weighted by Crippen LogP contribution is -1.97. The summed E-state index contributed by atoms with van der Waals surface area (Å²) < 4.78 is 12.4. The first-order chi connectivity index (χ1) is 16.2. The third kappa shape index (κ3) is 8.71. The molecule has 0 saturated carbocycles. The summed E-state index contributed by atoms with van der Waals surface area (Å²) >= 11 is 6.98. The monoisotopic (exact) mass is 566 g/mol. The summed E-state index contributed by atoms with van der Waals surface area (Å²) in [6.07, 6.45) is 0.879. The summed E-state index contributed by atoms with van der Waals surface area (Å²) in [5.74, 6) is 1.77. The first-order valence-corrected chi connectivity index (χ1v) is 12.9. The molecular formula is C29H28Br2O2. The van der Waals surface area contributed by atoms with E-state index in [-0.39, 0.29) is 0 Å². The molecule has 0 amide bonds. The summed E-state index contributed by atoms with van der Waals surface area (Å²) in [5.41, 5.74) is 4.98. The van der Waals surface area contributed by atoms with Gasteiger partial charge in [-0.15, -0.1) is 0 Å². The van der Waals surface area contributed by atoms with Crippen molar-refractivity contribution < 1.29 is 9.47 Å². The van der Waals surface area contributed by atoms with E-state index in [2.05, 4.69) is 80.4 Å². The molecule has 0 saturated heterocycles. The number of alkyl halides is 1. The van der Waals surface area contributed by atoms with E-state index < -0.39 is 0 Å². The van der Waals surface area contributed by atoms with Crippen LogP contribution < -0.4 is 9.47 Å². The largest absolute Gasteiger partial charge is 0.494 e. The average Bonchev–Trinajstić information content (AvgIpc) is 2.86. The number of hydrogen-bond acceptors (Lipinski definition) is 2. The molecule has 0 radical (unpaired) electrons. The van der Waals surface area contributed by atoms with Gasteiger partial charge in [0.2, 0.25) is 0 Å². The van der Waals surface area contributed by atoms with Gasteiger partial charge in [-0.3, -0.25) is 0 Å². The Morgan fingerprint density at radius 1 is 0.636 bits per heavy atom. The topological polar surface area (TPSA) is 18.5 Å². The highest BCUT2D eigenvalue weighted by Crippen LogP contribution is 2.28. The molecule has 0 bridgehead atoms. The van der Waals surface area contributed by atoms with Crippen molar-refractivity contribution in [3.8, 4) is 11.5 Å². The smallest absolute Gasteiger partial charge is 0.134 e. The van der Waals surface area contributed by atoms with Crippen LogP contribution in [0.4, 0.5) is 0 Å². The summed E-state index contributed by atoms with van der Waals surface area (Å²) in [5, 5.41) is 0.952. The predicted molar refractivity (Wildman–Crippen MR) is 144 cm³/mol. The Bertz CT molecular complexity index is 1080. The fourth-order valence-electron chi connectivity index (χ4n) is 3.18. The Hall–Kier alpha value is -2.56. The molecule has 0 spiro atoms. The highest BCUT2D eigenvalue weighted by atomic mass is 79.9. The van der Waals surface area contributed by atoms with Crippen molar-refractivity contribution in [1.82, 2.24) is 0 Å². The fraction of sp³-hybridized carbons (Fsp3) is 0.172. The minimum absolute atomic E-state index is 0.567. The Labute approximate surface area is 213 Å². The maximum Gasteiger partial charge on any atom is 0.134 e. The molecule has 170 valence electrons. The molecule has 4 heteroatoms. The van der Waals surface area contributed by atoms with Crippen LogP contribution in [0.25, 0.3) is 0 Å². The molecule has 4 aromatic rings. The van der Waals surface area contributed by atoms with E-state index in [1.54, 1.807) is 0 Å². The zero-order valence-electron chi connectivity index (χ0n) is 18.7. The molecule has 0 atom stereocenters. The summed E-state index contributed by atoms with van der Waals surface area (Å²) in [6.45, 7) is 3.25. The Kier molecular flexibility index (Phi) is 10.5. The van der Waals surface area contributed by atoms with Gasteiger partial charge < -0.3 is 9.47 Å². The standard InChI is InChI=1S/C22H21BrO2.C7H7Br/c1-2-24-20-11-8-17(9-12-20)14-19-10-13-22(21(23)15-19)25-16-18-6-4-3-5-7-18;8-6-7-4-2-1-3-5-7/h3-13,15H,2,14,16H2,1H3;1-5H,6H2. The SMILES string of the molecule is BrCc1ccccc1.CCOc1ccc(Cc2ccc(OCc3ccccc3)c(Br)c2)cc1. The highest BCUT2D eigenvalue weighted by Gasteiger charge is 2.05. The van der Waals surface area contributed by atoms with E-state index in [1.165, 1.54) is 16.7 Å². The van der Waals surface area contributed by atoms with Gasteiger partial charge in [0.25, 0.3) is 0 Å². The molecule has 4 aromatic carbocycles. The van der Waals surface area contributed by atoms with Gasteiger partial charge in [0.15, 0.2) is 0 Å². The number of benzene rings is 4. The number of hydrogen-bond donors (Lipinski definition) is 0. The lowest BCUT2D eigenvalue weighted by atomic mass is 10.0. The van der Waals surface area contributed by atoms with Crippen LogP contribution in [0.15, 0.2) is 108 Å². The molecule has 0 heterocycles. The second-order valence-electron chi connectivity index (χ2n) is 7.41. The predicted octanol–water partition coefficient (Wildman–Crippen LogP) is 8.60. The van der Waals surface area contributed by atoms with Gasteiger partial charge in [0.05, 0.1) is 11.1 Å². The molecule has 0 aliphatic carbocycles. The summed E-state index contributed by atoms with van der Waals surface area (Å²) in [7, 11) is 0. The van der Waals surface area contributed by atoms with E-state index in [9.17, 15) is 0 Å². The fourth-order valence-corrected chi connectivity index (χ4v) is 4.09. The van der Waals surface area contributed by atoms with Gasteiger partial charge in [-0.1, -0.05) is 94.8 Å². The van der Waals surface area contributed by atoms with Crippen LogP contribution >= 0.6 is 31.9 Å². The minimum atomic E-state index is 0.567. The van der Waals surface area contributed by atoms with Crippen molar-refractivity contribution in [3.63, 3.8) is 0 Å². The molecule has 0 fully saturated rings. The van der Waals surface area contributed by atoms with Gasteiger partial charge in [-0.25, -0.2) is 0 Å². The van der Waals surface area contributed by atoms with E-state index in [1.807, 2.05) is 61.5 Å². The van der Waals surface area contributed by atoms with E-state index in [0.29, 0.717) is 13.2 Å². The van der Waals surface area contributed by atoms with Crippen LogP contribution in [-0.4, -0.2) is 6.61 Å². The quantitative estimate of drug-likeness (QED) is 0.198.